The summed E-state index contributed by atoms with van der Waals surface area (Å²) in [7, 11) is 0. The van der Waals surface area contributed by atoms with E-state index in [1.54, 1.807) is 0 Å². The van der Waals surface area contributed by atoms with Crippen molar-refractivity contribution in [2.24, 2.45) is 5.92 Å². The maximum absolute atomic E-state index is 4.27. The van der Waals surface area contributed by atoms with E-state index in [1.165, 1.54) is 11.4 Å². The normalized spacial score (nSPS) is 18.4. The SMILES string of the molecule is C=C(C1CC=C([n+]2ccccc2)CC1)[n+]1ccccc1. The molecule has 0 bridgehead atoms. The first-order chi connectivity index (χ1) is 9.84. The average Bonchev–Trinajstić information content (AvgIpc) is 2.56. The van der Waals surface area contributed by atoms with E-state index in [-0.39, 0.29) is 0 Å². The highest BCUT2D eigenvalue weighted by Crippen LogP contribution is 2.28. The van der Waals surface area contributed by atoms with Crippen LogP contribution in [0.2, 0.25) is 0 Å². The summed E-state index contributed by atoms with van der Waals surface area (Å²) < 4.78 is 4.35. The molecule has 1 unspecified atom stereocenters. The minimum absolute atomic E-state index is 0.537. The van der Waals surface area contributed by atoms with Crippen molar-refractivity contribution in [1.82, 2.24) is 0 Å². The Balaban J connectivity index is 1.72. The quantitative estimate of drug-likeness (QED) is 0.753. The molecule has 0 N–H and O–H groups in total. The molecule has 3 rings (SSSR count). The molecule has 20 heavy (non-hydrogen) atoms. The van der Waals surface area contributed by atoms with Gasteiger partial charge in [0.25, 0.3) is 0 Å². The maximum Gasteiger partial charge on any atom is 0.183 e. The molecule has 2 aromatic rings. The van der Waals surface area contributed by atoms with Gasteiger partial charge in [-0.15, -0.1) is 0 Å². The number of hydrogen-bond acceptors (Lipinski definition) is 0. The molecule has 2 nitrogen and oxygen atoms in total. The van der Waals surface area contributed by atoms with Gasteiger partial charge in [-0.2, -0.15) is 9.13 Å². The van der Waals surface area contributed by atoms with E-state index in [2.05, 4.69) is 76.9 Å². The molecule has 100 valence electrons. The van der Waals surface area contributed by atoms with Gasteiger partial charge in [-0.1, -0.05) is 12.1 Å². The first-order valence-corrected chi connectivity index (χ1v) is 7.16. The number of hydrogen-bond donors (Lipinski definition) is 0. The molecular weight excluding hydrogens is 244 g/mol. The maximum atomic E-state index is 4.27. The van der Waals surface area contributed by atoms with E-state index in [1.807, 2.05) is 6.07 Å². The monoisotopic (exact) mass is 264 g/mol. The molecule has 2 aromatic heterocycles. The van der Waals surface area contributed by atoms with Gasteiger partial charge in [0.1, 0.15) is 0 Å². The fourth-order valence-electron chi connectivity index (χ4n) is 2.75. The zero-order chi connectivity index (χ0) is 13.8. The van der Waals surface area contributed by atoms with Crippen LogP contribution in [0.1, 0.15) is 19.3 Å². The molecule has 0 saturated carbocycles. The Morgan fingerprint density at radius 1 is 0.950 bits per heavy atom. The van der Waals surface area contributed by atoms with Crippen LogP contribution in [0.15, 0.2) is 73.8 Å². The van der Waals surface area contributed by atoms with Gasteiger partial charge in [0.05, 0.1) is 0 Å². The van der Waals surface area contributed by atoms with Gasteiger partial charge in [-0.05, 0) is 25.5 Å². The Kier molecular flexibility index (Phi) is 3.73. The lowest BCUT2D eigenvalue weighted by Crippen LogP contribution is -2.37. The lowest BCUT2D eigenvalue weighted by atomic mass is 9.90. The molecular formula is C18H20N2+2. The minimum atomic E-state index is 0.537. The van der Waals surface area contributed by atoms with E-state index in [9.17, 15) is 0 Å². The van der Waals surface area contributed by atoms with Crippen molar-refractivity contribution < 1.29 is 9.13 Å². The van der Waals surface area contributed by atoms with E-state index >= 15 is 0 Å². The van der Waals surface area contributed by atoms with Crippen molar-refractivity contribution in [3.8, 4) is 0 Å². The predicted octanol–water partition coefficient (Wildman–Crippen LogP) is 3.07. The smallest absolute Gasteiger partial charge is 0.171 e. The second kappa shape index (κ2) is 5.83. The lowest BCUT2D eigenvalue weighted by Gasteiger charge is -2.17. The summed E-state index contributed by atoms with van der Waals surface area (Å²) in [5, 5.41) is 0. The standard InChI is InChI=1S/C18H20N2/c1-16(19-12-4-2-5-13-19)17-8-10-18(11-9-17)20-14-6-3-7-15-20/h2-7,10,12-15,17H,1,8-9,11H2/q+2. The highest BCUT2D eigenvalue weighted by atomic mass is 15.0. The van der Waals surface area contributed by atoms with Gasteiger partial charge in [0.15, 0.2) is 36.2 Å². The lowest BCUT2D eigenvalue weighted by molar-refractivity contribution is -0.588. The topological polar surface area (TPSA) is 7.76 Å². The van der Waals surface area contributed by atoms with Crippen LogP contribution in [-0.2, 0) is 0 Å². The minimum Gasteiger partial charge on any atom is -0.171 e. The first kappa shape index (κ1) is 12.8. The van der Waals surface area contributed by atoms with Crippen molar-refractivity contribution in [1.29, 1.82) is 0 Å². The van der Waals surface area contributed by atoms with E-state index in [4.69, 9.17) is 0 Å². The fraction of sp³-hybridized carbons (Fsp3) is 0.222. The Bertz CT molecular complexity index is 614. The molecule has 0 aliphatic heterocycles. The molecule has 2 heteroatoms. The van der Waals surface area contributed by atoms with E-state index < -0.39 is 0 Å². The van der Waals surface area contributed by atoms with Crippen LogP contribution in [0.3, 0.4) is 0 Å². The highest BCUT2D eigenvalue weighted by Gasteiger charge is 2.26. The molecule has 0 saturated heterocycles. The van der Waals surface area contributed by atoms with Gasteiger partial charge in [-0.25, -0.2) is 0 Å². The van der Waals surface area contributed by atoms with E-state index in [0.717, 1.165) is 19.3 Å². The molecule has 0 aromatic carbocycles. The predicted molar refractivity (Wildman–Crippen MR) is 80.2 cm³/mol. The van der Waals surface area contributed by atoms with Crippen LogP contribution < -0.4 is 9.13 Å². The largest absolute Gasteiger partial charge is 0.183 e. The zero-order valence-corrected chi connectivity index (χ0v) is 11.7. The molecule has 0 spiro atoms. The number of allylic oxidation sites excluding steroid dienone is 3. The number of nitrogens with zero attached hydrogens (tertiary/aromatic N) is 2. The van der Waals surface area contributed by atoms with Gasteiger partial charge >= 0.3 is 0 Å². The van der Waals surface area contributed by atoms with Crippen LogP contribution in [0.4, 0.5) is 0 Å². The van der Waals surface area contributed by atoms with E-state index in [0.29, 0.717) is 5.92 Å². The third-order valence-corrected chi connectivity index (χ3v) is 3.95. The van der Waals surface area contributed by atoms with Crippen molar-refractivity contribution in [2.75, 3.05) is 0 Å². The molecule has 2 heterocycles. The van der Waals surface area contributed by atoms with Crippen molar-refractivity contribution in [3.05, 3.63) is 73.8 Å². The Morgan fingerprint density at radius 2 is 1.60 bits per heavy atom. The second-order valence-corrected chi connectivity index (χ2v) is 5.22. The van der Waals surface area contributed by atoms with Crippen LogP contribution in [0.25, 0.3) is 11.4 Å². The van der Waals surface area contributed by atoms with Gasteiger partial charge < -0.3 is 0 Å². The summed E-state index contributed by atoms with van der Waals surface area (Å²) in [6, 6.07) is 12.3. The van der Waals surface area contributed by atoms with Crippen LogP contribution >= 0.6 is 0 Å². The van der Waals surface area contributed by atoms with Gasteiger partial charge in [-0.3, -0.25) is 0 Å². The summed E-state index contributed by atoms with van der Waals surface area (Å²) in [6.07, 6.45) is 14.1. The van der Waals surface area contributed by atoms with Crippen LogP contribution in [0.5, 0.6) is 0 Å². The Morgan fingerprint density at radius 3 is 2.20 bits per heavy atom. The number of aromatic nitrogens is 2. The fourth-order valence-corrected chi connectivity index (χ4v) is 2.75. The summed E-state index contributed by atoms with van der Waals surface area (Å²) in [5.74, 6) is 0.537. The third kappa shape index (κ3) is 2.69. The number of rotatable bonds is 3. The third-order valence-electron chi connectivity index (χ3n) is 3.95. The first-order valence-electron chi connectivity index (χ1n) is 7.16. The van der Waals surface area contributed by atoms with Crippen molar-refractivity contribution >= 4 is 11.4 Å². The summed E-state index contributed by atoms with van der Waals surface area (Å²) in [4.78, 5) is 0. The molecule has 1 atom stereocenters. The molecule has 0 fully saturated rings. The average molecular weight is 264 g/mol. The molecule has 1 aliphatic carbocycles. The van der Waals surface area contributed by atoms with Crippen LogP contribution in [0, 0.1) is 5.92 Å². The molecule has 1 aliphatic rings. The molecule has 0 radical (unpaired) electrons. The summed E-state index contributed by atoms with van der Waals surface area (Å²) in [6.45, 7) is 4.27. The van der Waals surface area contributed by atoms with Gasteiger partial charge in [0.2, 0.25) is 0 Å². The number of pyridine rings is 2. The second-order valence-electron chi connectivity index (χ2n) is 5.22. The zero-order valence-electron chi connectivity index (χ0n) is 11.7. The van der Waals surface area contributed by atoms with Crippen LogP contribution in [-0.4, -0.2) is 0 Å². The summed E-state index contributed by atoms with van der Waals surface area (Å²) >= 11 is 0. The van der Waals surface area contributed by atoms with Crippen molar-refractivity contribution in [2.45, 2.75) is 19.3 Å². The van der Waals surface area contributed by atoms with Gasteiger partial charge in [0, 0.05) is 36.6 Å². The summed E-state index contributed by atoms with van der Waals surface area (Å²) in [5.41, 5.74) is 2.59. The van der Waals surface area contributed by atoms with Crippen molar-refractivity contribution in [3.63, 3.8) is 0 Å². The Labute approximate surface area is 120 Å². The molecule has 0 amide bonds. The highest BCUT2D eigenvalue weighted by molar-refractivity contribution is 5.41. The Hall–Kier alpha value is -2.22.